The predicted octanol–water partition coefficient (Wildman–Crippen LogP) is 5.66. The Kier molecular flexibility index (Phi) is 6.36. The van der Waals surface area contributed by atoms with Crippen LogP contribution in [0.15, 0.2) is 65.7 Å². The topological polar surface area (TPSA) is 65.8 Å². The van der Waals surface area contributed by atoms with Crippen LogP contribution in [0.4, 0.5) is 5.69 Å². The van der Waals surface area contributed by atoms with Gasteiger partial charge in [0.15, 0.2) is 0 Å². The Bertz CT molecular complexity index is 1020. The van der Waals surface area contributed by atoms with E-state index >= 15 is 0 Å². The van der Waals surface area contributed by atoms with E-state index in [1.807, 2.05) is 30.3 Å². The highest BCUT2D eigenvalue weighted by molar-refractivity contribution is 8.00. The SMILES string of the molecule is N#Cc1ccc(-c2ccccc2)nc1SCC(=O)Nc1cc(Cl)ccc1Cl. The van der Waals surface area contributed by atoms with E-state index in [4.69, 9.17) is 23.2 Å². The number of thioether (sulfide) groups is 1. The zero-order chi connectivity index (χ0) is 19.2. The van der Waals surface area contributed by atoms with Crippen molar-refractivity contribution >= 4 is 46.6 Å². The van der Waals surface area contributed by atoms with Crippen molar-refractivity contribution in [3.8, 4) is 17.3 Å². The number of hydrogen-bond donors (Lipinski definition) is 1. The first-order valence-electron chi connectivity index (χ1n) is 7.91. The van der Waals surface area contributed by atoms with Gasteiger partial charge in [-0.2, -0.15) is 5.26 Å². The molecular formula is C20H13Cl2N3OS. The third-order valence-corrected chi connectivity index (χ3v) is 5.15. The molecule has 0 saturated heterocycles. The zero-order valence-corrected chi connectivity index (χ0v) is 16.3. The number of pyridine rings is 1. The molecule has 0 unspecified atom stereocenters. The lowest BCUT2D eigenvalue weighted by molar-refractivity contribution is -0.113. The Hall–Kier alpha value is -2.52. The number of amides is 1. The molecule has 1 heterocycles. The maximum Gasteiger partial charge on any atom is 0.234 e. The third kappa shape index (κ3) is 5.01. The lowest BCUT2D eigenvalue weighted by Crippen LogP contribution is -2.14. The molecule has 7 heteroatoms. The molecule has 1 amide bonds. The van der Waals surface area contributed by atoms with Gasteiger partial charge in [-0.15, -0.1) is 0 Å². The molecule has 0 saturated carbocycles. The summed E-state index contributed by atoms with van der Waals surface area (Å²) in [5.41, 5.74) is 2.56. The first-order valence-corrected chi connectivity index (χ1v) is 9.65. The first-order chi connectivity index (χ1) is 13.1. The normalized spacial score (nSPS) is 10.3. The molecule has 0 spiro atoms. The lowest BCUT2D eigenvalue weighted by atomic mass is 10.1. The summed E-state index contributed by atoms with van der Waals surface area (Å²) in [6.45, 7) is 0. The zero-order valence-electron chi connectivity index (χ0n) is 13.9. The minimum Gasteiger partial charge on any atom is -0.324 e. The van der Waals surface area contributed by atoms with Gasteiger partial charge < -0.3 is 5.32 Å². The monoisotopic (exact) mass is 413 g/mol. The summed E-state index contributed by atoms with van der Waals surface area (Å²) in [6, 6.07) is 20.1. The molecule has 1 aromatic heterocycles. The molecule has 0 bridgehead atoms. The minimum atomic E-state index is -0.264. The number of halogens is 2. The van der Waals surface area contributed by atoms with Crippen LogP contribution in [0.2, 0.25) is 10.0 Å². The molecule has 27 heavy (non-hydrogen) atoms. The van der Waals surface area contributed by atoms with Crippen molar-refractivity contribution < 1.29 is 4.79 Å². The molecule has 0 aliphatic carbocycles. The molecule has 0 radical (unpaired) electrons. The summed E-state index contributed by atoms with van der Waals surface area (Å²) in [7, 11) is 0. The molecule has 0 fully saturated rings. The van der Waals surface area contributed by atoms with E-state index in [1.165, 1.54) is 11.8 Å². The number of benzene rings is 2. The van der Waals surface area contributed by atoms with Crippen LogP contribution in [0.3, 0.4) is 0 Å². The fourth-order valence-corrected chi connectivity index (χ4v) is 3.43. The molecule has 2 aromatic carbocycles. The highest BCUT2D eigenvalue weighted by Gasteiger charge is 2.12. The van der Waals surface area contributed by atoms with E-state index in [9.17, 15) is 10.1 Å². The van der Waals surface area contributed by atoms with Gasteiger partial charge in [0, 0.05) is 10.6 Å². The number of anilines is 1. The van der Waals surface area contributed by atoms with E-state index in [2.05, 4.69) is 16.4 Å². The number of carbonyl (C=O) groups excluding carboxylic acids is 1. The Labute approximate surface area is 171 Å². The van der Waals surface area contributed by atoms with Crippen molar-refractivity contribution in [1.82, 2.24) is 4.98 Å². The number of nitrogens with zero attached hydrogens (tertiary/aromatic N) is 2. The average Bonchev–Trinajstić information content (AvgIpc) is 2.69. The molecule has 0 aliphatic heterocycles. The van der Waals surface area contributed by atoms with Crippen LogP contribution in [0.25, 0.3) is 11.3 Å². The Morgan fingerprint density at radius 1 is 1.11 bits per heavy atom. The molecule has 4 nitrogen and oxygen atoms in total. The summed E-state index contributed by atoms with van der Waals surface area (Å²) in [5.74, 6) is -0.178. The van der Waals surface area contributed by atoms with Gasteiger partial charge >= 0.3 is 0 Å². The standard InChI is InChI=1S/C20H13Cl2N3OS/c21-15-7-8-16(22)18(10-15)24-19(26)12-27-20-14(11-23)6-9-17(25-20)13-4-2-1-3-5-13/h1-10H,12H2,(H,24,26). The second-order valence-electron chi connectivity index (χ2n) is 5.49. The molecular weight excluding hydrogens is 401 g/mol. The third-order valence-electron chi connectivity index (χ3n) is 3.59. The second-order valence-corrected chi connectivity index (χ2v) is 7.30. The van der Waals surface area contributed by atoms with Gasteiger partial charge in [0.25, 0.3) is 0 Å². The van der Waals surface area contributed by atoms with Crippen LogP contribution in [-0.2, 0) is 4.79 Å². The number of hydrogen-bond acceptors (Lipinski definition) is 4. The van der Waals surface area contributed by atoms with E-state index in [-0.39, 0.29) is 11.7 Å². The molecule has 1 N–H and O–H groups in total. The number of aromatic nitrogens is 1. The molecule has 134 valence electrons. The summed E-state index contributed by atoms with van der Waals surface area (Å²) < 4.78 is 0. The van der Waals surface area contributed by atoms with Crippen molar-refractivity contribution in [1.29, 1.82) is 5.26 Å². The highest BCUT2D eigenvalue weighted by Crippen LogP contribution is 2.27. The number of nitrogens with one attached hydrogen (secondary N) is 1. The van der Waals surface area contributed by atoms with E-state index in [1.54, 1.807) is 30.3 Å². The van der Waals surface area contributed by atoms with E-state index in [0.717, 1.165) is 11.3 Å². The summed E-state index contributed by atoms with van der Waals surface area (Å²) >= 11 is 13.2. The maximum absolute atomic E-state index is 12.3. The van der Waals surface area contributed by atoms with Crippen LogP contribution in [0, 0.1) is 11.3 Å². The first kappa shape index (κ1) is 19.2. The van der Waals surface area contributed by atoms with E-state index < -0.39 is 0 Å². The van der Waals surface area contributed by atoms with Crippen LogP contribution in [0.1, 0.15) is 5.56 Å². The summed E-state index contributed by atoms with van der Waals surface area (Å²) in [5, 5.41) is 13.4. The van der Waals surface area contributed by atoms with Crippen molar-refractivity contribution in [2.45, 2.75) is 5.03 Å². The Balaban J connectivity index is 1.74. The van der Waals surface area contributed by atoms with Gasteiger partial charge in [0.05, 0.1) is 27.7 Å². The molecule has 0 aliphatic rings. The van der Waals surface area contributed by atoms with Gasteiger partial charge in [-0.25, -0.2) is 4.98 Å². The fourth-order valence-electron chi connectivity index (χ4n) is 2.32. The molecule has 3 rings (SSSR count). The van der Waals surface area contributed by atoms with E-state index in [0.29, 0.717) is 26.3 Å². The Morgan fingerprint density at radius 3 is 2.63 bits per heavy atom. The summed E-state index contributed by atoms with van der Waals surface area (Å²) in [4.78, 5) is 16.8. The fraction of sp³-hybridized carbons (Fsp3) is 0.0500. The van der Waals surface area contributed by atoms with Crippen molar-refractivity contribution in [2.24, 2.45) is 0 Å². The Morgan fingerprint density at radius 2 is 1.89 bits per heavy atom. The summed E-state index contributed by atoms with van der Waals surface area (Å²) in [6.07, 6.45) is 0. The molecule has 0 atom stereocenters. The number of carbonyl (C=O) groups is 1. The van der Waals surface area contributed by atoms with Gasteiger partial charge in [-0.3, -0.25) is 4.79 Å². The van der Waals surface area contributed by atoms with Crippen LogP contribution < -0.4 is 5.32 Å². The minimum absolute atomic E-state index is 0.0861. The lowest BCUT2D eigenvalue weighted by Gasteiger charge is -2.09. The van der Waals surface area contributed by atoms with Crippen LogP contribution in [-0.4, -0.2) is 16.6 Å². The van der Waals surface area contributed by atoms with Crippen LogP contribution in [0.5, 0.6) is 0 Å². The largest absolute Gasteiger partial charge is 0.324 e. The quantitative estimate of drug-likeness (QED) is 0.548. The average molecular weight is 414 g/mol. The number of nitriles is 1. The second kappa shape index (κ2) is 8.92. The van der Waals surface area contributed by atoms with Crippen molar-refractivity contribution in [3.05, 3.63) is 76.3 Å². The van der Waals surface area contributed by atoms with Gasteiger partial charge in [0.2, 0.25) is 5.91 Å². The van der Waals surface area contributed by atoms with Crippen LogP contribution >= 0.6 is 35.0 Å². The maximum atomic E-state index is 12.3. The smallest absolute Gasteiger partial charge is 0.234 e. The van der Waals surface area contributed by atoms with Gasteiger partial charge in [-0.05, 0) is 30.3 Å². The predicted molar refractivity (Wildman–Crippen MR) is 110 cm³/mol. The van der Waals surface area contributed by atoms with Gasteiger partial charge in [-0.1, -0.05) is 65.3 Å². The highest BCUT2D eigenvalue weighted by atomic mass is 35.5. The van der Waals surface area contributed by atoms with Gasteiger partial charge in [0.1, 0.15) is 11.1 Å². The number of rotatable bonds is 5. The van der Waals surface area contributed by atoms with Crippen molar-refractivity contribution in [3.63, 3.8) is 0 Å². The van der Waals surface area contributed by atoms with Crippen molar-refractivity contribution in [2.75, 3.05) is 11.1 Å². The molecule has 3 aromatic rings.